The maximum atomic E-state index is 14.2. The molecule has 2 N–H and O–H groups in total. The normalized spacial score (nSPS) is 13.6. The van der Waals surface area contributed by atoms with E-state index in [0.717, 1.165) is 11.3 Å². The number of carboxylic acids is 1. The van der Waals surface area contributed by atoms with Crippen LogP contribution in [0.3, 0.4) is 0 Å². The van der Waals surface area contributed by atoms with Crippen molar-refractivity contribution in [2.24, 2.45) is 0 Å². The van der Waals surface area contributed by atoms with E-state index in [4.69, 9.17) is 14.6 Å². The Hall–Kier alpha value is -2.03. The fourth-order valence-corrected chi connectivity index (χ4v) is 3.86. The van der Waals surface area contributed by atoms with Gasteiger partial charge in [-0.3, -0.25) is 9.59 Å². The second kappa shape index (κ2) is 7.90. The Morgan fingerprint density at radius 3 is 2.64 bits per heavy atom. The van der Waals surface area contributed by atoms with Crippen molar-refractivity contribution in [3.63, 3.8) is 0 Å². The standard InChI is InChI=1S/C17H20FNO5S/c1-17(9-24-3,7-13(20)21)19-16(22)15-10(8-23-2)14-11(18)5-4-6-12(14)25-15/h4-6H,7-9H2,1-3H3,(H,19,22)(H,20,21). The molecular weight excluding hydrogens is 349 g/mol. The molecule has 0 spiro atoms. The largest absolute Gasteiger partial charge is 0.481 e. The minimum absolute atomic E-state index is 0.0317. The number of carbonyl (C=O) groups is 2. The third kappa shape index (κ3) is 4.33. The van der Waals surface area contributed by atoms with E-state index in [9.17, 15) is 14.0 Å². The molecule has 0 aliphatic heterocycles. The predicted octanol–water partition coefficient (Wildman–Crippen LogP) is 2.80. The van der Waals surface area contributed by atoms with Gasteiger partial charge in [-0.2, -0.15) is 0 Å². The van der Waals surface area contributed by atoms with Crippen LogP contribution in [0.2, 0.25) is 0 Å². The lowest BCUT2D eigenvalue weighted by Gasteiger charge is -2.28. The molecule has 1 unspecified atom stereocenters. The van der Waals surface area contributed by atoms with E-state index in [-0.39, 0.29) is 19.6 Å². The first-order valence-electron chi connectivity index (χ1n) is 7.53. The van der Waals surface area contributed by atoms with Gasteiger partial charge in [-0.1, -0.05) is 6.07 Å². The first-order chi connectivity index (χ1) is 11.8. The van der Waals surface area contributed by atoms with Crippen LogP contribution in [0.15, 0.2) is 18.2 Å². The van der Waals surface area contributed by atoms with Gasteiger partial charge in [0.05, 0.1) is 30.1 Å². The molecule has 25 heavy (non-hydrogen) atoms. The number of carboxylic acid groups (broad SMARTS) is 1. The molecule has 8 heteroatoms. The van der Waals surface area contributed by atoms with E-state index in [1.165, 1.54) is 20.3 Å². The van der Waals surface area contributed by atoms with Crippen LogP contribution >= 0.6 is 11.3 Å². The molecule has 1 aromatic carbocycles. The van der Waals surface area contributed by atoms with Crippen molar-refractivity contribution in [3.05, 3.63) is 34.5 Å². The second-order valence-electron chi connectivity index (χ2n) is 5.97. The number of halogens is 1. The van der Waals surface area contributed by atoms with E-state index < -0.39 is 23.2 Å². The number of rotatable bonds is 8. The lowest BCUT2D eigenvalue weighted by Crippen LogP contribution is -2.50. The molecule has 0 radical (unpaired) electrons. The molecular formula is C17H20FNO5S. The lowest BCUT2D eigenvalue weighted by atomic mass is 9.98. The molecule has 0 aliphatic rings. The molecule has 1 atom stereocenters. The predicted molar refractivity (Wildman–Crippen MR) is 92.5 cm³/mol. The summed E-state index contributed by atoms with van der Waals surface area (Å²) in [5, 5.41) is 12.1. The fourth-order valence-electron chi connectivity index (χ4n) is 2.75. The average Bonchev–Trinajstić information content (AvgIpc) is 2.87. The van der Waals surface area contributed by atoms with Gasteiger partial charge in [-0.25, -0.2) is 4.39 Å². The van der Waals surface area contributed by atoms with Gasteiger partial charge >= 0.3 is 5.97 Å². The topological polar surface area (TPSA) is 84.9 Å². The van der Waals surface area contributed by atoms with Crippen LogP contribution in [0.5, 0.6) is 0 Å². The molecule has 0 saturated carbocycles. The maximum absolute atomic E-state index is 14.2. The number of thiophene rings is 1. The lowest BCUT2D eigenvalue weighted by molar-refractivity contribution is -0.139. The smallest absolute Gasteiger partial charge is 0.305 e. The molecule has 136 valence electrons. The summed E-state index contributed by atoms with van der Waals surface area (Å²) in [5.41, 5.74) is -0.635. The molecule has 1 amide bonds. The maximum Gasteiger partial charge on any atom is 0.305 e. The Balaban J connectivity index is 2.42. The highest BCUT2D eigenvalue weighted by molar-refractivity contribution is 7.21. The zero-order chi connectivity index (χ0) is 18.6. The van der Waals surface area contributed by atoms with Crippen LogP contribution in [-0.4, -0.2) is 43.3 Å². The van der Waals surface area contributed by atoms with Gasteiger partial charge in [0.2, 0.25) is 0 Å². The highest BCUT2D eigenvalue weighted by atomic mass is 32.1. The number of hydrogen-bond acceptors (Lipinski definition) is 5. The van der Waals surface area contributed by atoms with Crippen molar-refractivity contribution in [1.82, 2.24) is 5.32 Å². The molecule has 1 heterocycles. The monoisotopic (exact) mass is 369 g/mol. The summed E-state index contributed by atoms with van der Waals surface area (Å²) >= 11 is 1.14. The highest BCUT2D eigenvalue weighted by Gasteiger charge is 2.32. The summed E-state index contributed by atoms with van der Waals surface area (Å²) in [6, 6.07) is 4.63. The molecule has 0 saturated heterocycles. The Kier molecular flexibility index (Phi) is 6.10. The summed E-state index contributed by atoms with van der Waals surface area (Å²) < 4.78 is 25.0. The Morgan fingerprint density at radius 2 is 2.04 bits per heavy atom. The summed E-state index contributed by atoms with van der Waals surface area (Å²) in [6.45, 7) is 1.69. The molecule has 1 aromatic heterocycles. The first kappa shape index (κ1) is 19.3. The van der Waals surface area contributed by atoms with Crippen molar-refractivity contribution in [2.45, 2.75) is 25.5 Å². The summed E-state index contributed by atoms with van der Waals surface area (Å²) in [5.74, 6) is -1.96. The van der Waals surface area contributed by atoms with Crippen LogP contribution in [-0.2, 0) is 20.9 Å². The van der Waals surface area contributed by atoms with Gasteiger partial charge in [-0.05, 0) is 19.1 Å². The van der Waals surface area contributed by atoms with Crippen LogP contribution < -0.4 is 5.32 Å². The van der Waals surface area contributed by atoms with Crippen molar-refractivity contribution < 1.29 is 28.6 Å². The number of hydrogen-bond donors (Lipinski definition) is 2. The Labute approximate surface area is 148 Å². The van der Waals surface area contributed by atoms with Crippen molar-refractivity contribution in [1.29, 1.82) is 0 Å². The number of ether oxygens (including phenoxy) is 2. The van der Waals surface area contributed by atoms with Crippen LogP contribution in [0, 0.1) is 5.82 Å². The Bertz CT molecular complexity index is 791. The SMILES string of the molecule is COCc1c(C(=O)NC(C)(COC)CC(=O)O)sc2cccc(F)c12. The number of nitrogens with one attached hydrogen (secondary N) is 1. The first-order valence-corrected chi connectivity index (χ1v) is 8.35. The summed E-state index contributed by atoms with van der Waals surface area (Å²) in [4.78, 5) is 24.2. The molecule has 0 bridgehead atoms. The number of methoxy groups -OCH3 is 2. The summed E-state index contributed by atoms with van der Waals surface area (Å²) in [6.07, 6.45) is -0.300. The quantitative estimate of drug-likeness (QED) is 0.747. The van der Waals surface area contributed by atoms with Gasteiger partial charge in [0.25, 0.3) is 5.91 Å². The van der Waals surface area contributed by atoms with E-state index in [2.05, 4.69) is 5.32 Å². The number of benzene rings is 1. The van der Waals surface area contributed by atoms with Gasteiger partial charge in [0.1, 0.15) is 5.82 Å². The molecule has 6 nitrogen and oxygen atoms in total. The van der Waals surface area contributed by atoms with Gasteiger partial charge in [-0.15, -0.1) is 11.3 Å². The zero-order valence-electron chi connectivity index (χ0n) is 14.2. The number of carbonyl (C=O) groups excluding carboxylic acids is 1. The molecule has 2 rings (SSSR count). The van der Waals surface area contributed by atoms with Crippen molar-refractivity contribution in [3.8, 4) is 0 Å². The fraction of sp³-hybridized carbons (Fsp3) is 0.412. The van der Waals surface area contributed by atoms with E-state index in [1.54, 1.807) is 19.1 Å². The number of fused-ring (bicyclic) bond motifs is 1. The van der Waals surface area contributed by atoms with Gasteiger partial charge < -0.3 is 19.9 Å². The van der Waals surface area contributed by atoms with Crippen molar-refractivity contribution >= 4 is 33.3 Å². The van der Waals surface area contributed by atoms with E-state index >= 15 is 0 Å². The second-order valence-corrected chi connectivity index (χ2v) is 7.03. The molecule has 0 aliphatic carbocycles. The van der Waals surface area contributed by atoms with Gasteiger partial charge in [0, 0.05) is 29.9 Å². The number of aliphatic carboxylic acids is 1. The van der Waals surface area contributed by atoms with E-state index in [0.29, 0.717) is 20.5 Å². The summed E-state index contributed by atoms with van der Waals surface area (Å²) in [7, 11) is 2.89. The molecule has 0 fully saturated rings. The third-order valence-corrected chi connectivity index (χ3v) is 4.87. The zero-order valence-corrected chi connectivity index (χ0v) is 15.0. The van der Waals surface area contributed by atoms with Crippen LogP contribution in [0.25, 0.3) is 10.1 Å². The minimum Gasteiger partial charge on any atom is -0.481 e. The average molecular weight is 369 g/mol. The highest BCUT2D eigenvalue weighted by Crippen LogP contribution is 2.34. The van der Waals surface area contributed by atoms with Crippen molar-refractivity contribution in [2.75, 3.05) is 20.8 Å². The van der Waals surface area contributed by atoms with E-state index in [1.807, 2.05) is 0 Å². The third-order valence-electron chi connectivity index (χ3n) is 3.68. The molecule has 2 aromatic rings. The van der Waals surface area contributed by atoms with Crippen LogP contribution in [0.4, 0.5) is 4.39 Å². The van der Waals surface area contributed by atoms with Crippen LogP contribution in [0.1, 0.15) is 28.6 Å². The Morgan fingerprint density at radius 1 is 1.32 bits per heavy atom. The van der Waals surface area contributed by atoms with Gasteiger partial charge in [0.15, 0.2) is 0 Å². The minimum atomic E-state index is -1.09. The number of amides is 1.